The van der Waals surface area contributed by atoms with E-state index in [-0.39, 0.29) is 6.61 Å². The van der Waals surface area contributed by atoms with Gasteiger partial charge in [0.1, 0.15) is 12.4 Å². The second-order valence-electron chi connectivity index (χ2n) is 5.58. The second kappa shape index (κ2) is 6.61. The van der Waals surface area contributed by atoms with Crippen LogP contribution in [0.25, 0.3) is 27.8 Å². The summed E-state index contributed by atoms with van der Waals surface area (Å²) in [5, 5.41) is 3.18. The van der Waals surface area contributed by atoms with E-state index < -0.39 is 5.97 Å². The Bertz CT molecular complexity index is 1070. The monoisotopic (exact) mass is 329 g/mol. The van der Waals surface area contributed by atoms with Gasteiger partial charge in [0.15, 0.2) is 0 Å². The number of para-hydroxylation sites is 1. The minimum absolute atomic E-state index is 0.118. The summed E-state index contributed by atoms with van der Waals surface area (Å²) in [6, 6.07) is 19.5. The van der Waals surface area contributed by atoms with Crippen LogP contribution in [0.1, 0.15) is 11.5 Å². The highest BCUT2D eigenvalue weighted by atomic mass is 16.5. The first kappa shape index (κ1) is 15.1. The molecule has 0 saturated carbocycles. The molecule has 0 amide bonds. The predicted octanol–water partition coefficient (Wildman–Crippen LogP) is 4.74. The largest absolute Gasteiger partial charge is 0.465 e. The van der Waals surface area contributed by atoms with Gasteiger partial charge in [-0.15, -0.1) is 0 Å². The molecule has 4 rings (SSSR count). The molecule has 0 spiro atoms. The van der Waals surface area contributed by atoms with Gasteiger partial charge in [-0.2, -0.15) is 0 Å². The van der Waals surface area contributed by atoms with E-state index in [0.29, 0.717) is 5.76 Å². The number of pyridine rings is 1. The molecule has 0 saturated heterocycles. The topological polar surface area (TPSA) is 52.3 Å². The number of hydrogen-bond donors (Lipinski definition) is 0. The third-order valence-corrected chi connectivity index (χ3v) is 3.97. The van der Waals surface area contributed by atoms with Crippen LogP contribution < -0.4 is 0 Å². The summed E-state index contributed by atoms with van der Waals surface area (Å²) in [5.41, 5.74) is 1.63. The Morgan fingerprint density at radius 1 is 0.960 bits per heavy atom. The molecule has 0 aliphatic rings. The summed E-state index contributed by atoms with van der Waals surface area (Å²) in [6.45, 7) is 0.118. The minimum Gasteiger partial charge on any atom is -0.465 e. The molecule has 0 fully saturated rings. The lowest BCUT2D eigenvalue weighted by Crippen LogP contribution is -2.03. The fourth-order valence-electron chi connectivity index (χ4n) is 2.81. The molecule has 2 aromatic heterocycles. The molecule has 0 N–H and O–H groups in total. The van der Waals surface area contributed by atoms with E-state index in [4.69, 9.17) is 9.15 Å². The molecule has 122 valence electrons. The van der Waals surface area contributed by atoms with E-state index >= 15 is 0 Å². The molecular weight excluding hydrogens is 314 g/mol. The average molecular weight is 329 g/mol. The number of furan rings is 1. The highest BCUT2D eigenvalue weighted by Gasteiger charge is 2.09. The lowest BCUT2D eigenvalue weighted by Gasteiger charge is -2.09. The van der Waals surface area contributed by atoms with Crippen LogP contribution in [0.2, 0.25) is 0 Å². The normalized spacial score (nSPS) is 11.4. The number of nitrogens with zero attached hydrogens (tertiary/aromatic N) is 1. The molecule has 2 heterocycles. The quantitative estimate of drug-likeness (QED) is 0.308. The number of carbonyl (C=O) groups is 1. The Morgan fingerprint density at radius 2 is 1.72 bits per heavy atom. The number of carbonyl (C=O) groups excluding carboxylic acids is 1. The van der Waals surface area contributed by atoms with Crippen LogP contribution in [-0.4, -0.2) is 11.0 Å². The van der Waals surface area contributed by atoms with E-state index in [1.807, 2.05) is 42.5 Å². The third kappa shape index (κ3) is 3.15. The SMILES string of the molecule is O=C(C=Cc1ccco1)OCc1nc2ccccc2c2ccccc12. The highest BCUT2D eigenvalue weighted by Crippen LogP contribution is 2.26. The van der Waals surface area contributed by atoms with Crippen LogP contribution in [-0.2, 0) is 16.1 Å². The summed E-state index contributed by atoms with van der Waals surface area (Å²) in [6.07, 6.45) is 4.48. The zero-order valence-corrected chi connectivity index (χ0v) is 13.4. The van der Waals surface area contributed by atoms with Gasteiger partial charge < -0.3 is 9.15 Å². The molecule has 4 heteroatoms. The maximum absolute atomic E-state index is 11.9. The molecule has 0 bridgehead atoms. The van der Waals surface area contributed by atoms with Crippen molar-refractivity contribution in [3.8, 4) is 0 Å². The summed E-state index contributed by atoms with van der Waals surface area (Å²) >= 11 is 0. The van der Waals surface area contributed by atoms with Gasteiger partial charge >= 0.3 is 5.97 Å². The van der Waals surface area contributed by atoms with Crippen LogP contribution in [0.15, 0.2) is 77.4 Å². The standard InChI is InChI=1S/C21H15NO3/c23-21(12-11-15-6-5-13-24-15)25-14-20-18-9-2-1-7-16(18)17-8-3-4-10-19(17)22-20/h1-13H,14H2. The van der Waals surface area contributed by atoms with E-state index in [1.54, 1.807) is 24.5 Å². The maximum atomic E-state index is 11.9. The summed E-state index contributed by atoms with van der Waals surface area (Å²) < 4.78 is 10.5. The number of fused-ring (bicyclic) bond motifs is 3. The first-order valence-electron chi connectivity index (χ1n) is 7.96. The number of ether oxygens (including phenoxy) is 1. The van der Waals surface area contributed by atoms with Gasteiger partial charge in [-0.25, -0.2) is 9.78 Å². The van der Waals surface area contributed by atoms with E-state index in [1.165, 1.54) is 6.08 Å². The molecule has 4 nitrogen and oxygen atoms in total. The third-order valence-electron chi connectivity index (χ3n) is 3.97. The lowest BCUT2D eigenvalue weighted by molar-refractivity contribution is -0.138. The molecule has 0 aliphatic carbocycles. The molecule has 0 aliphatic heterocycles. The van der Waals surface area contributed by atoms with Crippen molar-refractivity contribution in [2.75, 3.05) is 0 Å². The number of esters is 1. The minimum atomic E-state index is -0.435. The second-order valence-corrected chi connectivity index (χ2v) is 5.58. The van der Waals surface area contributed by atoms with E-state index in [2.05, 4.69) is 11.1 Å². The van der Waals surface area contributed by atoms with Crippen molar-refractivity contribution < 1.29 is 13.9 Å². The molecule has 0 radical (unpaired) electrons. The van der Waals surface area contributed by atoms with Gasteiger partial charge in [-0.05, 0) is 29.7 Å². The summed E-state index contributed by atoms with van der Waals surface area (Å²) in [5.74, 6) is 0.168. The number of hydrogen-bond acceptors (Lipinski definition) is 4. The fourth-order valence-corrected chi connectivity index (χ4v) is 2.81. The van der Waals surface area contributed by atoms with Crippen molar-refractivity contribution >= 4 is 33.7 Å². The summed E-state index contributed by atoms with van der Waals surface area (Å²) in [4.78, 5) is 16.6. The van der Waals surface area contributed by atoms with Crippen molar-refractivity contribution in [2.45, 2.75) is 6.61 Å². The molecule has 0 unspecified atom stereocenters. The van der Waals surface area contributed by atoms with Gasteiger partial charge in [0, 0.05) is 16.8 Å². The van der Waals surface area contributed by atoms with Crippen molar-refractivity contribution in [3.63, 3.8) is 0 Å². The van der Waals surface area contributed by atoms with Crippen molar-refractivity contribution in [1.82, 2.24) is 4.98 Å². The van der Waals surface area contributed by atoms with Gasteiger partial charge in [-0.3, -0.25) is 0 Å². The van der Waals surface area contributed by atoms with Crippen LogP contribution >= 0.6 is 0 Å². The van der Waals surface area contributed by atoms with Crippen LogP contribution in [0.3, 0.4) is 0 Å². The van der Waals surface area contributed by atoms with Crippen LogP contribution in [0, 0.1) is 0 Å². The van der Waals surface area contributed by atoms with Crippen LogP contribution in [0.4, 0.5) is 0 Å². The Morgan fingerprint density at radius 3 is 2.52 bits per heavy atom. The number of benzene rings is 2. The van der Waals surface area contributed by atoms with Gasteiger partial charge in [0.2, 0.25) is 0 Å². The van der Waals surface area contributed by atoms with Crippen molar-refractivity contribution in [1.29, 1.82) is 0 Å². The molecule has 2 aromatic carbocycles. The highest BCUT2D eigenvalue weighted by molar-refractivity contribution is 6.06. The van der Waals surface area contributed by atoms with Gasteiger partial charge in [0.25, 0.3) is 0 Å². The average Bonchev–Trinajstić information content (AvgIpc) is 3.18. The zero-order chi connectivity index (χ0) is 17.1. The Labute approximate surface area is 144 Å². The van der Waals surface area contributed by atoms with Crippen LogP contribution in [0.5, 0.6) is 0 Å². The fraction of sp³-hybridized carbons (Fsp3) is 0.0476. The van der Waals surface area contributed by atoms with E-state index in [9.17, 15) is 4.79 Å². The van der Waals surface area contributed by atoms with Crippen molar-refractivity contribution in [3.05, 3.63) is 84.5 Å². The molecule has 25 heavy (non-hydrogen) atoms. The predicted molar refractivity (Wildman–Crippen MR) is 96.8 cm³/mol. The smallest absolute Gasteiger partial charge is 0.331 e. The maximum Gasteiger partial charge on any atom is 0.331 e. The lowest BCUT2D eigenvalue weighted by atomic mass is 10.0. The number of aromatic nitrogens is 1. The molecule has 0 atom stereocenters. The van der Waals surface area contributed by atoms with E-state index in [0.717, 1.165) is 27.4 Å². The number of rotatable bonds is 4. The van der Waals surface area contributed by atoms with Gasteiger partial charge in [-0.1, -0.05) is 42.5 Å². The Kier molecular flexibility index (Phi) is 4.01. The Balaban J connectivity index is 1.61. The summed E-state index contributed by atoms with van der Waals surface area (Å²) in [7, 11) is 0. The molecular formula is C21H15NO3. The first-order valence-corrected chi connectivity index (χ1v) is 7.96. The van der Waals surface area contributed by atoms with Crippen molar-refractivity contribution in [2.24, 2.45) is 0 Å². The zero-order valence-electron chi connectivity index (χ0n) is 13.4. The Hall–Kier alpha value is -3.40. The first-order chi connectivity index (χ1) is 12.3. The van der Waals surface area contributed by atoms with Gasteiger partial charge in [0.05, 0.1) is 17.5 Å². The molecule has 4 aromatic rings.